The fourth-order valence-electron chi connectivity index (χ4n) is 1.58. The number of amides is 1. The van der Waals surface area contributed by atoms with Crippen LogP contribution in [0.25, 0.3) is 6.08 Å². The van der Waals surface area contributed by atoms with Gasteiger partial charge in [0, 0.05) is 17.2 Å². The van der Waals surface area contributed by atoms with E-state index < -0.39 is 0 Å². The summed E-state index contributed by atoms with van der Waals surface area (Å²) in [5, 5.41) is 2.87. The van der Waals surface area contributed by atoms with Crippen LogP contribution in [0.15, 0.2) is 24.3 Å². The Bertz CT molecular complexity index is 425. The van der Waals surface area contributed by atoms with Crippen LogP contribution in [0, 0.1) is 0 Å². The third-order valence-corrected chi connectivity index (χ3v) is 2.26. The van der Waals surface area contributed by atoms with Crippen LogP contribution in [0.5, 0.6) is 0 Å². The normalized spacial score (nSPS) is 10.9. The van der Waals surface area contributed by atoms with Gasteiger partial charge in [-0.05, 0) is 32.9 Å². The molecule has 1 aromatic rings. The smallest absolute Gasteiger partial charge is 0.252 e. The van der Waals surface area contributed by atoms with E-state index in [4.69, 9.17) is 5.84 Å². The number of carbonyl (C=O) groups is 1. The van der Waals surface area contributed by atoms with Crippen LogP contribution in [0.2, 0.25) is 0 Å². The maximum Gasteiger partial charge on any atom is 0.252 e. The van der Waals surface area contributed by atoms with Gasteiger partial charge in [0.05, 0.1) is 5.69 Å². The minimum atomic E-state index is -0.0924. The summed E-state index contributed by atoms with van der Waals surface area (Å²) in [4.78, 5) is 12.0. The molecule has 0 aromatic heterocycles. The van der Waals surface area contributed by atoms with Crippen molar-refractivity contribution in [3.63, 3.8) is 0 Å². The fourth-order valence-corrected chi connectivity index (χ4v) is 1.58. The van der Waals surface area contributed by atoms with Crippen molar-refractivity contribution < 1.29 is 4.79 Å². The monoisotopic (exact) mass is 233 g/mol. The van der Waals surface area contributed by atoms with Crippen molar-refractivity contribution in [2.75, 3.05) is 5.43 Å². The summed E-state index contributed by atoms with van der Waals surface area (Å²) in [6.45, 7) is 5.76. The zero-order chi connectivity index (χ0) is 12.8. The van der Waals surface area contributed by atoms with E-state index in [2.05, 4.69) is 10.7 Å². The number of hydrogen-bond acceptors (Lipinski definition) is 3. The van der Waals surface area contributed by atoms with Gasteiger partial charge in [0.25, 0.3) is 5.91 Å². The Kier molecular flexibility index (Phi) is 4.72. The van der Waals surface area contributed by atoms with Gasteiger partial charge in [-0.2, -0.15) is 0 Å². The molecule has 4 heteroatoms. The molecule has 0 aliphatic rings. The number of nitrogens with two attached hydrogens (primary N) is 1. The lowest BCUT2D eigenvalue weighted by atomic mass is 10.0. The second-order valence-electron chi connectivity index (χ2n) is 4.04. The first-order valence-corrected chi connectivity index (χ1v) is 5.63. The number of benzene rings is 1. The molecular weight excluding hydrogens is 214 g/mol. The van der Waals surface area contributed by atoms with Gasteiger partial charge < -0.3 is 10.7 Å². The molecule has 0 unspecified atom stereocenters. The molecule has 1 amide bonds. The minimum Gasteiger partial charge on any atom is -0.350 e. The van der Waals surface area contributed by atoms with Crippen molar-refractivity contribution in [3.8, 4) is 0 Å². The molecular formula is C13H19N3O. The number of nitrogen functional groups attached to an aromatic ring is 1. The number of carbonyl (C=O) groups excluding carboxylic acids is 1. The van der Waals surface area contributed by atoms with Gasteiger partial charge in [-0.1, -0.05) is 18.2 Å². The zero-order valence-corrected chi connectivity index (χ0v) is 10.4. The number of allylic oxidation sites excluding steroid dienone is 1. The maximum absolute atomic E-state index is 12.0. The largest absolute Gasteiger partial charge is 0.350 e. The van der Waals surface area contributed by atoms with Crippen molar-refractivity contribution in [3.05, 3.63) is 35.4 Å². The first-order chi connectivity index (χ1) is 8.10. The Morgan fingerprint density at radius 2 is 2.12 bits per heavy atom. The van der Waals surface area contributed by atoms with E-state index >= 15 is 0 Å². The summed E-state index contributed by atoms with van der Waals surface area (Å²) in [6.07, 6.45) is 3.74. The molecule has 0 aliphatic carbocycles. The summed E-state index contributed by atoms with van der Waals surface area (Å²) in [6, 6.07) is 5.53. The van der Waals surface area contributed by atoms with E-state index in [-0.39, 0.29) is 11.9 Å². The number of rotatable bonds is 4. The molecule has 4 nitrogen and oxygen atoms in total. The molecule has 0 atom stereocenters. The van der Waals surface area contributed by atoms with Crippen LogP contribution in [0.1, 0.15) is 36.7 Å². The Hall–Kier alpha value is -1.81. The van der Waals surface area contributed by atoms with Crippen LogP contribution in [0.3, 0.4) is 0 Å². The molecule has 92 valence electrons. The van der Waals surface area contributed by atoms with Gasteiger partial charge in [-0.15, -0.1) is 0 Å². The third-order valence-electron chi connectivity index (χ3n) is 2.26. The average molecular weight is 233 g/mol. The second kappa shape index (κ2) is 6.06. The topological polar surface area (TPSA) is 67.1 Å². The van der Waals surface area contributed by atoms with Gasteiger partial charge in [0.1, 0.15) is 0 Å². The molecule has 0 fully saturated rings. The van der Waals surface area contributed by atoms with E-state index in [1.165, 1.54) is 0 Å². The number of hydrazine groups is 1. The highest BCUT2D eigenvalue weighted by molar-refractivity contribution is 6.00. The Balaban J connectivity index is 3.18. The standard InChI is InChI=1S/C13H19N3O/c1-4-6-10-11(13(17)15-9(2)3)7-5-8-12(10)16-14/h4-9,16H,14H2,1-3H3,(H,15,17)/b6-4-. The molecule has 1 aromatic carbocycles. The summed E-state index contributed by atoms with van der Waals surface area (Å²) < 4.78 is 0. The predicted molar refractivity (Wildman–Crippen MR) is 71.6 cm³/mol. The lowest BCUT2D eigenvalue weighted by Crippen LogP contribution is -2.30. The predicted octanol–water partition coefficient (Wildman–Crippen LogP) is 2.14. The summed E-state index contributed by atoms with van der Waals surface area (Å²) in [5.41, 5.74) is 4.75. The lowest BCUT2D eigenvalue weighted by Gasteiger charge is -2.13. The molecule has 0 heterocycles. The molecule has 0 saturated heterocycles. The number of anilines is 1. The van der Waals surface area contributed by atoms with E-state index in [0.717, 1.165) is 11.3 Å². The summed E-state index contributed by atoms with van der Waals surface area (Å²) >= 11 is 0. The Morgan fingerprint density at radius 1 is 1.41 bits per heavy atom. The van der Waals surface area contributed by atoms with Crippen molar-refractivity contribution in [1.29, 1.82) is 0 Å². The quantitative estimate of drug-likeness (QED) is 0.551. The number of nitrogens with one attached hydrogen (secondary N) is 2. The first-order valence-electron chi connectivity index (χ1n) is 5.63. The average Bonchev–Trinajstić information content (AvgIpc) is 2.28. The van der Waals surface area contributed by atoms with Gasteiger partial charge in [0.15, 0.2) is 0 Å². The number of hydrogen-bond donors (Lipinski definition) is 3. The van der Waals surface area contributed by atoms with Crippen LogP contribution >= 0.6 is 0 Å². The SMILES string of the molecule is C/C=C\c1c(NN)cccc1C(=O)NC(C)C. The summed E-state index contributed by atoms with van der Waals surface area (Å²) in [5.74, 6) is 5.34. The first kappa shape index (κ1) is 13.3. The van der Waals surface area contributed by atoms with Gasteiger partial charge in [0.2, 0.25) is 0 Å². The molecule has 0 aliphatic heterocycles. The van der Waals surface area contributed by atoms with Gasteiger partial charge in [-0.3, -0.25) is 10.6 Å². The zero-order valence-electron chi connectivity index (χ0n) is 10.4. The molecule has 0 saturated carbocycles. The fraction of sp³-hybridized carbons (Fsp3) is 0.308. The van der Waals surface area contributed by atoms with Crippen molar-refractivity contribution in [1.82, 2.24) is 5.32 Å². The molecule has 0 radical (unpaired) electrons. The van der Waals surface area contributed by atoms with E-state index in [0.29, 0.717) is 5.56 Å². The molecule has 17 heavy (non-hydrogen) atoms. The molecule has 4 N–H and O–H groups in total. The van der Waals surface area contributed by atoms with Crippen molar-refractivity contribution in [2.24, 2.45) is 5.84 Å². The lowest BCUT2D eigenvalue weighted by molar-refractivity contribution is 0.0943. The van der Waals surface area contributed by atoms with Crippen LogP contribution in [-0.4, -0.2) is 11.9 Å². The van der Waals surface area contributed by atoms with Gasteiger partial charge in [-0.25, -0.2) is 0 Å². The second-order valence-corrected chi connectivity index (χ2v) is 4.04. The van der Waals surface area contributed by atoms with Crippen molar-refractivity contribution >= 4 is 17.7 Å². The van der Waals surface area contributed by atoms with Crippen LogP contribution < -0.4 is 16.6 Å². The Labute approximate surface area is 102 Å². The van der Waals surface area contributed by atoms with Crippen molar-refractivity contribution in [2.45, 2.75) is 26.8 Å². The molecule has 1 rings (SSSR count). The summed E-state index contributed by atoms with van der Waals surface area (Å²) in [7, 11) is 0. The molecule has 0 spiro atoms. The van der Waals surface area contributed by atoms with Gasteiger partial charge >= 0.3 is 0 Å². The van der Waals surface area contributed by atoms with Crippen LogP contribution in [0.4, 0.5) is 5.69 Å². The van der Waals surface area contributed by atoms with E-state index in [9.17, 15) is 4.79 Å². The van der Waals surface area contributed by atoms with Crippen LogP contribution in [-0.2, 0) is 0 Å². The highest BCUT2D eigenvalue weighted by Crippen LogP contribution is 2.21. The highest BCUT2D eigenvalue weighted by Gasteiger charge is 2.12. The van der Waals surface area contributed by atoms with E-state index in [1.807, 2.05) is 39.0 Å². The maximum atomic E-state index is 12.0. The molecule has 0 bridgehead atoms. The van der Waals surface area contributed by atoms with E-state index in [1.54, 1.807) is 12.1 Å². The minimum absolute atomic E-state index is 0.0924. The highest BCUT2D eigenvalue weighted by atomic mass is 16.1. The Morgan fingerprint density at radius 3 is 2.65 bits per heavy atom. The third kappa shape index (κ3) is 3.32.